The molecule has 178 valence electrons. The number of carbonyl (C=O) groups excluding carboxylic acids is 1. The molecular weight excluding hydrogens is 472 g/mol. The van der Waals surface area contributed by atoms with Crippen molar-refractivity contribution in [2.75, 3.05) is 23.3 Å². The van der Waals surface area contributed by atoms with Crippen LogP contribution in [-0.4, -0.2) is 37.3 Å². The van der Waals surface area contributed by atoms with Crippen molar-refractivity contribution in [3.8, 4) is 11.5 Å². The van der Waals surface area contributed by atoms with Gasteiger partial charge in [0, 0.05) is 22.8 Å². The van der Waals surface area contributed by atoms with Crippen LogP contribution in [0, 0.1) is 0 Å². The second-order valence-electron chi connectivity index (χ2n) is 7.72. The number of fused-ring (bicyclic) bond motifs is 2. The molecule has 1 aliphatic heterocycles. The number of amides is 1. The summed E-state index contributed by atoms with van der Waals surface area (Å²) in [5, 5.41) is 7.26. The molecule has 11 heteroatoms. The van der Waals surface area contributed by atoms with Crippen LogP contribution < -0.4 is 24.9 Å². The molecule has 5 rings (SSSR count). The lowest BCUT2D eigenvalue weighted by molar-refractivity contribution is -0.116. The lowest BCUT2D eigenvalue weighted by Gasteiger charge is -2.19. The van der Waals surface area contributed by atoms with E-state index in [0.29, 0.717) is 47.0 Å². The highest BCUT2D eigenvalue weighted by Gasteiger charge is 2.19. The molecule has 4 aromatic rings. The van der Waals surface area contributed by atoms with Crippen molar-refractivity contribution in [1.29, 1.82) is 0 Å². The minimum atomic E-state index is -3.86. The molecule has 0 aliphatic carbocycles. The third-order valence-corrected chi connectivity index (χ3v) is 6.68. The van der Waals surface area contributed by atoms with Gasteiger partial charge < -0.3 is 14.8 Å². The number of sulfonamides is 1. The van der Waals surface area contributed by atoms with Crippen LogP contribution in [0.4, 0.5) is 11.4 Å². The molecule has 1 aliphatic rings. The Balaban J connectivity index is 1.26. The summed E-state index contributed by atoms with van der Waals surface area (Å²) in [7, 11) is -3.86. The lowest BCUT2D eigenvalue weighted by Crippen LogP contribution is -2.22. The normalized spacial score (nSPS) is 12.8. The third kappa shape index (κ3) is 4.80. The molecule has 0 atom stereocenters. The van der Waals surface area contributed by atoms with Gasteiger partial charge in [-0.15, -0.1) is 0 Å². The van der Waals surface area contributed by atoms with E-state index in [9.17, 15) is 18.0 Å². The van der Waals surface area contributed by atoms with Crippen molar-refractivity contribution >= 4 is 38.2 Å². The van der Waals surface area contributed by atoms with Crippen molar-refractivity contribution < 1.29 is 22.7 Å². The first-order valence-electron chi connectivity index (χ1n) is 10.7. The number of aromatic nitrogens is 2. The van der Waals surface area contributed by atoms with E-state index in [2.05, 4.69) is 15.1 Å². The fraction of sp³-hybridized carbons (Fsp3) is 0.125. The van der Waals surface area contributed by atoms with Gasteiger partial charge in [0.15, 0.2) is 11.5 Å². The first kappa shape index (κ1) is 22.4. The number of rotatable bonds is 6. The van der Waals surface area contributed by atoms with Crippen LogP contribution >= 0.6 is 0 Å². The summed E-state index contributed by atoms with van der Waals surface area (Å²) >= 11 is 0. The Labute approximate surface area is 200 Å². The second-order valence-corrected chi connectivity index (χ2v) is 9.40. The minimum Gasteiger partial charge on any atom is -0.486 e. The summed E-state index contributed by atoms with van der Waals surface area (Å²) in [5.41, 5.74) is 1.14. The van der Waals surface area contributed by atoms with Crippen LogP contribution in [0.15, 0.2) is 82.6 Å². The molecule has 0 saturated carbocycles. The quantitative estimate of drug-likeness (QED) is 0.423. The van der Waals surface area contributed by atoms with Crippen molar-refractivity contribution in [3.05, 3.63) is 83.2 Å². The van der Waals surface area contributed by atoms with Gasteiger partial charge in [-0.05, 0) is 48.5 Å². The van der Waals surface area contributed by atoms with Gasteiger partial charge in [0.1, 0.15) is 19.8 Å². The Morgan fingerprint density at radius 2 is 1.66 bits per heavy atom. The average molecular weight is 493 g/mol. The molecule has 0 saturated heterocycles. The molecule has 35 heavy (non-hydrogen) atoms. The third-order valence-electron chi connectivity index (χ3n) is 5.30. The van der Waals surface area contributed by atoms with E-state index < -0.39 is 10.0 Å². The maximum Gasteiger partial charge on any atom is 0.262 e. The zero-order valence-electron chi connectivity index (χ0n) is 18.3. The molecule has 0 fully saturated rings. The van der Waals surface area contributed by atoms with Crippen LogP contribution in [0.2, 0.25) is 0 Å². The second kappa shape index (κ2) is 9.11. The minimum absolute atomic E-state index is 0.0416. The molecule has 2 heterocycles. The fourth-order valence-corrected chi connectivity index (χ4v) is 4.72. The summed E-state index contributed by atoms with van der Waals surface area (Å²) in [4.78, 5) is 24.5. The summed E-state index contributed by atoms with van der Waals surface area (Å²) in [6, 6.07) is 17.6. The van der Waals surface area contributed by atoms with E-state index in [1.54, 1.807) is 42.5 Å². The molecule has 10 nitrogen and oxygen atoms in total. The highest BCUT2D eigenvalue weighted by Crippen LogP contribution is 2.32. The Kier molecular flexibility index (Phi) is 5.83. The van der Waals surface area contributed by atoms with E-state index in [1.807, 2.05) is 0 Å². The zero-order chi connectivity index (χ0) is 24.4. The number of ether oxygens (including phenoxy) is 2. The molecule has 2 N–H and O–H groups in total. The fourth-order valence-electron chi connectivity index (χ4n) is 3.65. The SMILES string of the molecule is O=C(Cn1ncc(=O)c2ccccc21)Nc1ccc(NS(=O)(=O)c2ccc3c(c2)OCCO3)cc1. The Morgan fingerprint density at radius 1 is 0.943 bits per heavy atom. The molecule has 3 aromatic carbocycles. The number of para-hydroxylation sites is 1. The van der Waals surface area contributed by atoms with Crippen molar-refractivity contribution in [2.24, 2.45) is 0 Å². The van der Waals surface area contributed by atoms with Crippen LogP contribution in [0.3, 0.4) is 0 Å². The summed E-state index contributed by atoms with van der Waals surface area (Å²) in [5.74, 6) is 0.527. The maximum atomic E-state index is 12.8. The van der Waals surface area contributed by atoms with Gasteiger partial charge >= 0.3 is 0 Å². The van der Waals surface area contributed by atoms with Gasteiger partial charge in [-0.3, -0.25) is 19.0 Å². The number of benzene rings is 3. The van der Waals surface area contributed by atoms with Crippen molar-refractivity contribution in [3.63, 3.8) is 0 Å². The van der Waals surface area contributed by atoms with Gasteiger partial charge in [0.05, 0.1) is 16.6 Å². The van der Waals surface area contributed by atoms with E-state index >= 15 is 0 Å². The number of hydrogen-bond donors (Lipinski definition) is 2. The van der Waals surface area contributed by atoms with Crippen molar-refractivity contribution in [1.82, 2.24) is 9.78 Å². The maximum absolute atomic E-state index is 12.8. The van der Waals surface area contributed by atoms with Gasteiger partial charge in [0.2, 0.25) is 11.3 Å². The predicted octanol–water partition coefficient (Wildman–Crippen LogP) is 2.61. The topological polar surface area (TPSA) is 129 Å². The van der Waals surface area contributed by atoms with Crippen LogP contribution in [-0.2, 0) is 21.4 Å². The number of hydrogen-bond acceptors (Lipinski definition) is 7. The van der Waals surface area contributed by atoms with Crippen LogP contribution in [0.5, 0.6) is 11.5 Å². The molecule has 0 radical (unpaired) electrons. The van der Waals surface area contributed by atoms with Crippen molar-refractivity contribution in [2.45, 2.75) is 11.4 Å². The molecule has 0 bridgehead atoms. The lowest BCUT2D eigenvalue weighted by atomic mass is 10.2. The largest absolute Gasteiger partial charge is 0.486 e. The number of nitrogens with one attached hydrogen (secondary N) is 2. The smallest absolute Gasteiger partial charge is 0.262 e. The Hall–Kier alpha value is -4.38. The predicted molar refractivity (Wildman–Crippen MR) is 129 cm³/mol. The van der Waals surface area contributed by atoms with E-state index in [1.165, 1.54) is 35.1 Å². The summed E-state index contributed by atoms with van der Waals surface area (Å²) in [6.07, 6.45) is 1.18. The number of anilines is 2. The first-order valence-corrected chi connectivity index (χ1v) is 12.1. The monoisotopic (exact) mass is 492 g/mol. The van der Waals surface area contributed by atoms with E-state index in [-0.39, 0.29) is 22.8 Å². The summed E-state index contributed by atoms with van der Waals surface area (Å²) < 4.78 is 40.4. The van der Waals surface area contributed by atoms with Gasteiger partial charge in [0.25, 0.3) is 10.0 Å². The van der Waals surface area contributed by atoms with Gasteiger partial charge in [-0.2, -0.15) is 5.10 Å². The first-order chi connectivity index (χ1) is 16.9. The standard InChI is InChI=1S/C24H20N4O6S/c29-21-14-25-28(20-4-2-1-3-19(20)21)15-24(30)26-16-5-7-17(8-6-16)27-35(31,32)18-9-10-22-23(13-18)34-12-11-33-22/h1-10,13-14,27H,11-12,15H2,(H,26,30). The summed E-state index contributed by atoms with van der Waals surface area (Å²) in [6.45, 7) is 0.670. The zero-order valence-corrected chi connectivity index (χ0v) is 19.1. The Bertz CT molecular complexity index is 1580. The van der Waals surface area contributed by atoms with E-state index in [4.69, 9.17) is 9.47 Å². The molecule has 1 aromatic heterocycles. The van der Waals surface area contributed by atoms with Crippen LogP contribution in [0.25, 0.3) is 10.9 Å². The number of carbonyl (C=O) groups is 1. The average Bonchev–Trinajstić information content (AvgIpc) is 2.86. The molecule has 0 spiro atoms. The number of nitrogens with zero attached hydrogens (tertiary/aromatic N) is 2. The van der Waals surface area contributed by atoms with E-state index in [0.717, 1.165) is 0 Å². The highest BCUT2D eigenvalue weighted by atomic mass is 32.2. The highest BCUT2D eigenvalue weighted by molar-refractivity contribution is 7.92. The van der Waals surface area contributed by atoms with Crippen LogP contribution in [0.1, 0.15) is 0 Å². The Morgan fingerprint density at radius 3 is 2.46 bits per heavy atom. The van der Waals surface area contributed by atoms with Gasteiger partial charge in [-0.1, -0.05) is 12.1 Å². The van der Waals surface area contributed by atoms with Gasteiger partial charge in [-0.25, -0.2) is 8.42 Å². The molecule has 0 unspecified atom stereocenters. The molecule has 1 amide bonds. The molecular formula is C24H20N4O6S.